The number of likely N-dealkylation sites (tertiary alicyclic amines) is 1. The van der Waals surface area contributed by atoms with Gasteiger partial charge in [0.05, 0.1) is 11.4 Å². The van der Waals surface area contributed by atoms with Crippen molar-refractivity contribution in [3.05, 3.63) is 30.1 Å². The Balaban J connectivity index is 1.46. The first kappa shape index (κ1) is 24.6. The highest BCUT2D eigenvalue weighted by atomic mass is 32.2. The molecule has 0 spiro atoms. The molecule has 0 aromatic heterocycles. The van der Waals surface area contributed by atoms with Crippen molar-refractivity contribution in [1.29, 1.82) is 0 Å². The van der Waals surface area contributed by atoms with E-state index in [1.165, 1.54) is 22.5 Å². The molecule has 2 amide bonds. The monoisotopic (exact) mass is 468 g/mol. The molecule has 1 unspecified atom stereocenters. The van der Waals surface area contributed by atoms with Gasteiger partial charge >= 0.3 is 0 Å². The maximum atomic E-state index is 13.4. The molecule has 3 rings (SSSR count). The molecular weight excluding hydrogens is 435 g/mol. The molecule has 2 saturated heterocycles. The summed E-state index contributed by atoms with van der Waals surface area (Å²) in [5.74, 6) is -0.189. The second-order valence-corrected chi connectivity index (χ2v) is 10.5. The number of piperidine rings is 1. The second kappa shape index (κ2) is 11.2. The van der Waals surface area contributed by atoms with Gasteiger partial charge in [-0.25, -0.2) is 12.8 Å². The topological polar surface area (TPSA) is 90.0 Å². The van der Waals surface area contributed by atoms with E-state index >= 15 is 0 Å². The van der Waals surface area contributed by atoms with Gasteiger partial charge in [-0.1, -0.05) is 13.0 Å². The summed E-state index contributed by atoms with van der Waals surface area (Å²) < 4.78 is 40.2. The Kier molecular flexibility index (Phi) is 8.61. The van der Waals surface area contributed by atoms with Crippen LogP contribution in [0.2, 0.25) is 0 Å². The van der Waals surface area contributed by atoms with Crippen LogP contribution in [0.3, 0.4) is 0 Å². The molecule has 1 aromatic carbocycles. The number of halogens is 1. The quantitative estimate of drug-likeness (QED) is 0.621. The van der Waals surface area contributed by atoms with Gasteiger partial charge in [-0.05, 0) is 49.9 Å². The van der Waals surface area contributed by atoms with Gasteiger partial charge in [0, 0.05) is 45.7 Å². The van der Waals surface area contributed by atoms with Crippen molar-refractivity contribution in [2.45, 2.75) is 37.5 Å². The normalized spacial score (nSPS) is 20.8. The largest absolute Gasteiger partial charge is 0.356 e. The van der Waals surface area contributed by atoms with Crippen LogP contribution in [0.15, 0.2) is 29.2 Å². The number of carbonyl (C=O) groups is 2. The molecule has 2 aliphatic heterocycles. The Labute approximate surface area is 189 Å². The molecule has 10 heteroatoms. The van der Waals surface area contributed by atoms with Crippen LogP contribution in [0.4, 0.5) is 4.39 Å². The van der Waals surface area contributed by atoms with Crippen LogP contribution in [-0.4, -0.2) is 86.7 Å². The van der Waals surface area contributed by atoms with E-state index in [9.17, 15) is 22.4 Å². The SMILES string of the molecule is CCCC(=O)NCC1CCCN(CC(=O)N2CCN(S(=O)(=O)c3cccc(F)c3)CC2)C1. The lowest BCUT2D eigenvalue weighted by Crippen LogP contribution is -2.53. The third kappa shape index (κ3) is 6.49. The van der Waals surface area contributed by atoms with Gasteiger partial charge in [0.2, 0.25) is 21.8 Å². The minimum atomic E-state index is -3.78. The second-order valence-electron chi connectivity index (χ2n) is 8.54. The van der Waals surface area contributed by atoms with Crippen molar-refractivity contribution < 1.29 is 22.4 Å². The zero-order valence-corrected chi connectivity index (χ0v) is 19.4. The molecular formula is C22H33FN4O4S. The van der Waals surface area contributed by atoms with Crippen molar-refractivity contribution in [1.82, 2.24) is 19.4 Å². The van der Waals surface area contributed by atoms with Crippen LogP contribution >= 0.6 is 0 Å². The van der Waals surface area contributed by atoms with E-state index in [0.29, 0.717) is 38.5 Å². The van der Waals surface area contributed by atoms with Crippen LogP contribution in [0.1, 0.15) is 32.6 Å². The van der Waals surface area contributed by atoms with E-state index in [2.05, 4.69) is 10.2 Å². The number of rotatable bonds is 8. The van der Waals surface area contributed by atoms with Crippen LogP contribution < -0.4 is 5.32 Å². The summed E-state index contributed by atoms with van der Waals surface area (Å²) in [6.45, 7) is 5.55. The van der Waals surface area contributed by atoms with Crippen molar-refractivity contribution in [3.63, 3.8) is 0 Å². The molecule has 1 N–H and O–H groups in total. The summed E-state index contributed by atoms with van der Waals surface area (Å²) in [5, 5.41) is 2.98. The van der Waals surface area contributed by atoms with Gasteiger partial charge in [0.15, 0.2) is 0 Å². The number of hydrogen-bond acceptors (Lipinski definition) is 5. The minimum absolute atomic E-state index is 0.0107. The summed E-state index contributed by atoms with van der Waals surface area (Å²) in [7, 11) is -3.78. The molecule has 2 fully saturated rings. The molecule has 0 aliphatic carbocycles. The highest BCUT2D eigenvalue weighted by molar-refractivity contribution is 7.89. The minimum Gasteiger partial charge on any atom is -0.356 e. The van der Waals surface area contributed by atoms with Crippen LogP contribution in [-0.2, 0) is 19.6 Å². The highest BCUT2D eigenvalue weighted by Crippen LogP contribution is 2.19. The van der Waals surface area contributed by atoms with Crippen LogP contribution in [0.25, 0.3) is 0 Å². The summed E-state index contributed by atoms with van der Waals surface area (Å²) >= 11 is 0. The first-order valence-corrected chi connectivity index (χ1v) is 12.8. The predicted molar refractivity (Wildman–Crippen MR) is 119 cm³/mol. The fourth-order valence-electron chi connectivity index (χ4n) is 4.28. The smallest absolute Gasteiger partial charge is 0.243 e. The Hall–Kier alpha value is -2.04. The molecule has 0 saturated carbocycles. The third-order valence-electron chi connectivity index (χ3n) is 6.05. The Morgan fingerprint density at radius 3 is 2.59 bits per heavy atom. The van der Waals surface area contributed by atoms with E-state index in [1.54, 1.807) is 4.90 Å². The highest BCUT2D eigenvalue weighted by Gasteiger charge is 2.31. The number of carbonyl (C=O) groups excluding carboxylic acids is 2. The molecule has 8 nitrogen and oxygen atoms in total. The lowest BCUT2D eigenvalue weighted by Gasteiger charge is -2.37. The van der Waals surface area contributed by atoms with Crippen LogP contribution in [0.5, 0.6) is 0 Å². The van der Waals surface area contributed by atoms with Gasteiger partial charge in [0.25, 0.3) is 0 Å². The first-order valence-electron chi connectivity index (χ1n) is 11.3. The fraction of sp³-hybridized carbons (Fsp3) is 0.636. The Morgan fingerprint density at radius 1 is 1.16 bits per heavy atom. The van der Waals surface area contributed by atoms with Crippen molar-refractivity contribution >= 4 is 21.8 Å². The summed E-state index contributed by atoms with van der Waals surface area (Å²) in [6, 6.07) is 4.99. The van der Waals surface area contributed by atoms with Gasteiger partial charge in [-0.15, -0.1) is 0 Å². The zero-order chi connectivity index (χ0) is 23.1. The van der Waals surface area contributed by atoms with Crippen molar-refractivity contribution in [2.24, 2.45) is 5.92 Å². The van der Waals surface area contributed by atoms with Gasteiger partial charge in [0.1, 0.15) is 5.82 Å². The standard InChI is InChI=1S/C22H33FN4O4S/c1-2-5-21(28)24-15-18-6-4-9-25(16-18)17-22(29)26-10-12-27(13-11-26)32(30,31)20-8-3-7-19(23)14-20/h3,7-8,14,18H,2,4-6,9-13,15-17H2,1H3,(H,24,28). The first-order chi connectivity index (χ1) is 15.3. The Morgan fingerprint density at radius 2 is 1.91 bits per heavy atom. The van der Waals surface area contributed by atoms with E-state index in [1.807, 2.05) is 6.92 Å². The number of amides is 2. The van der Waals surface area contributed by atoms with Gasteiger partial charge in [-0.3, -0.25) is 14.5 Å². The summed E-state index contributed by atoms with van der Waals surface area (Å²) in [6.07, 6.45) is 3.39. The van der Waals surface area contributed by atoms with Crippen LogP contribution in [0, 0.1) is 11.7 Å². The van der Waals surface area contributed by atoms with E-state index in [4.69, 9.17) is 0 Å². The van der Waals surface area contributed by atoms with Crippen molar-refractivity contribution in [3.8, 4) is 0 Å². The molecule has 1 aromatic rings. The molecule has 1 atom stereocenters. The van der Waals surface area contributed by atoms with Crippen molar-refractivity contribution in [2.75, 3.05) is 52.4 Å². The number of benzene rings is 1. The van der Waals surface area contributed by atoms with E-state index < -0.39 is 15.8 Å². The number of nitrogens with one attached hydrogen (secondary N) is 1. The average Bonchev–Trinajstić information content (AvgIpc) is 2.78. The maximum Gasteiger partial charge on any atom is 0.243 e. The molecule has 32 heavy (non-hydrogen) atoms. The lowest BCUT2D eigenvalue weighted by molar-refractivity contribution is -0.134. The predicted octanol–water partition coefficient (Wildman–Crippen LogP) is 1.29. The van der Waals surface area contributed by atoms with E-state index in [-0.39, 0.29) is 29.8 Å². The fourth-order valence-corrected chi connectivity index (χ4v) is 5.74. The third-order valence-corrected chi connectivity index (χ3v) is 7.95. The lowest BCUT2D eigenvalue weighted by atomic mass is 9.98. The molecule has 2 aliphatic rings. The molecule has 0 radical (unpaired) electrons. The number of piperazine rings is 1. The van der Waals surface area contributed by atoms with E-state index in [0.717, 1.165) is 38.4 Å². The van der Waals surface area contributed by atoms with Gasteiger partial charge < -0.3 is 10.2 Å². The van der Waals surface area contributed by atoms with Gasteiger partial charge in [-0.2, -0.15) is 4.31 Å². The Bertz CT molecular complexity index is 903. The zero-order valence-electron chi connectivity index (χ0n) is 18.6. The molecule has 0 bridgehead atoms. The average molecular weight is 469 g/mol. The number of sulfonamides is 1. The summed E-state index contributed by atoms with van der Waals surface area (Å²) in [4.78, 5) is 28.3. The number of hydrogen-bond donors (Lipinski definition) is 1. The summed E-state index contributed by atoms with van der Waals surface area (Å²) in [5.41, 5.74) is 0. The maximum absolute atomic E-state index is 13.4. The molecule has 2 heterocycles. The molecule has 178 valence electrons. The number of nitrogens with zero attached hydrogens (tertiary/aromatic N) is 3.